The molecule has 1 aromatic carbocycles. The molecule has 1 saturated carbocycles. The third kappa shape index (κ3) is 4.35. The molecule has 1 aliphatic heterocycles. The number of hydrogen-bond acceptors (Lipinski definition) is 5. The highest BCUT2D eigenvalue weighted by molar-refractivity contribution is 7.89. The van der Waals surface area contributed by atoms with Crippen LogP contribution in [-0.4, -0.2) is 54.2 Å². The highest BCUT2D eigenvalue weighted by Crippen LogP contribution is 2.33. The van der Waals surface area contributed by atoms with Crippen molar-refractivity contribution in [3.05, 3.63) is 41.9 Å². The minimum absolute atomic E-state index is 0.0438. The summed E-state index contributed by atoms with van der Waals surface area (Å²) in [6.45, 7) is 2.79. The van der Waals surface area contributed by atoms with Crippen molar-refractivity contribution in [1.29, 1.82) is 0 Å². The fraction of sp³-hybridized carbons (Fsp3) is 0.421. The van der Waals surface area contributed by atoms with Crippen LogP contribution in [0.15, 0.2) is 41.8 Å². The zero-order valence-corrected chi connectivity index (χ0v) is 17.8. The van der Waals surface area contributed by atoms with Crippen molar-refractivity contribution >= 4 is 39.5 Å². The van der Waals surface area contributed by atoms with Crippen LogP contribution in [0.25, 0.3) is 0 Å². The zero-order valence-electron chi connectivity index (χ0n) is 16.3. The molecule has 1 saturated heterocycles. The highest BCUT2D eigenvalue weighted by Gasteiger charge is 2.52. The number of amides is 4. The number of rotatable bonds is 7. The van der Waals surface area contributed by atoms with Gasteiger partial charge in [-0.05, 0) is 37.1 Å². The summed E-state index contributed by atoms with van der Waals surface area (Å²) in [5.41, 5.74) is 1.26. The number of carbonyl (C=O) groups is 3. The molecule has 1 aromatic rings. The number of imide groups is 1. The largest absolute Gasteiger partial charge is 0.344 e. The van der Waals surface area contributed by atoms with Crippen LogP contribution in [0.4, 0.5) is 4.79 Å². The molecule has 0 atom stereocenters. The van der Waals surface area contributed by atoms with Gasteiger partial charge in [-0.2, -0.15) is 9.31 Å². The monoisotopic (exact) mass is 454 g/mol. The molecule has 1 spiro atoms. The number of nitrogens with zero attached hydrogens (tertiary/aromatic N) is 2. The predicted molar refractivity (Wildman–Crippen MR) is 110 cm³/mol. The van der Waals surface area contributed by atoms with Crippen molar-refractivity contribution in [3.63, 3.8) is 0 Å². The Morgan fingerprint density at radius 3 is 2.47 bits per heavy atom. The predicted octanol–water partition coefficient (Wildman–Crippen LogP) is 1.80. The fourth-order valence-corrected chi connectivity index (χ4v) is 5.18. The van der Waals surface area contributed by atoms with Gasteiger partial charge in [0.2, 0.25) is 10.0 Å². The number of hydrazine groups is 1. The molecule has 4 amide bonds. The van der Waals surface area contributed by atoms with Crippen LogP contribution >= 0.6 is 11.6 Å². The normalized spacial score (nSPS) is 18.5. The third-order valence-electron chi connectivity index (χ3n) is 5.21. The first-order valence-electron chi connectivity index (χ1n) is 9.52. The average Bonchev–Trinajstić information content (AvgIpc) is 2.92. The summed E-state index contributed by atoms with van der Waals surface area (Å²) in [6, 6.07) is 4.80. The van der Waals surface area contributed by atoms with Gasteiger partial charge >= 0.3 is 6.03 Å². The van der Waals surface area contributed by atoms with E-state index in [-0.39, 0.29) is 11.4 Å². The minimum atomic E-state index is -4.02. The Labute approximate surface area is 180 Å². The molecule has 9 nitrogen and oxygen atoms in total. The standard InChI is InChI=1S/C19H23ClN4O5S/c1-2-12-23(30(28,29)15-8-6-14(20)7-9-15)13-16(25)22-24-17(26)19(21-18(24)27)10-4-3-5-11-19/h2,6-9H,1,3-5,10-13H2,(H,21,27)(H,22,25). The van der Waals surface area contributed by atoms with Crippen LogP contribution in [0.3, 0.4) is 0 Å². The zero-order chi connectivity index (χ0) is 21.9. The molecule has 0 radical (unpaired) electrons. The first-order valence-corrected chi connectivity index (χ1v) is 11.3. The third-order valence-corrected chi connectivity index (χ3v) is 7.29. The van der Waals surface area contributed by atoms with Crippen molar-refractivity contribution in [2.24, 2.45) is 0 Å². The summed E-state index contributed by atoms with van der Waals surface area (Å²) in [7, 11) is -4.02. The molecule has 0 unspecified atom stereocenters. The molecule has 30 heavy (non-hydrogen) atoms. The maximum Gasteiger partial charge on any atom is 0.344 e. The van der Waals surface area contributed by atoms with Gasteiger partial charge in [-0.15, -0.1) is 6.58 Å². The number of benzene rings is 1. The second kappa shape index (κ2) is 8.75. The highest BCUT2D eigenvalue weighted by atomic mass is 35.5. The van der Waals surface area contributed by atoms with Gasteiger partial charge in [0, 0.05) is 11.6 Å². The van der Waals surface area contributed by atoms with E-state index in [1.54, 1.807) is 0 Å². The van der Waals surface area contributed by atoms with Gasteiger partial charge in [0.15, 0.2) is 0 Å². The van der Waals surface area contributed by atoms with Crippen molar-refractivity contribution in [2.75, 3.05) is 13.1 Å². The van der Waals surface area contributed by atoms with E-state index in [0.717, 1.165) is 23.6 Å². The lowest BCUT2D eigenvalue weighted by Gasteiger charge is -2.30. The van der Waals surface area contributed by atoms with Crippen LogP contribution in [0, 0.1) is 0 Å². The Morgan fingerprint density at radius 1 is 1.23 bits per heavy atom. The first kappa shape index (κ1) is 22.3. The van der Waals surface area contributed by atoms with Crippen molar-refractivity contribution in [1.82, 2.24) is 20.1 Å². The number of urea groups is 1. The molecule has 1 heterocycles. The Morgan fingerprint density at radius 2 is 1.87 bits per heavy atom. The van der Waals surface area contributed by atoms with Gasteiger partial charge in [0.25, 0.3) is 11.8 Å². The van der Waals surface area contributed by atoms with Gasteiger partial charge < -0.3 is 5.32 Å². The van der Waals surface area contributed by atoms with Gasteiger partial charge in [0.1, 0.15) is 5.54 Å². The van der Waals surface area contributed by atoms with Crippen molar-refractivity contribution in [2.45, 2.75) is 42.5 Å². The number of hydrogen-bond donors (Lipinski definition) is 2. The lowest BCUT2D eigenvalue weighted by atomic mass is 9.82. The second-order valence-electron chi connectivity index (χ2n) is 7.29. The number of nitrogens with one attached hydrogen (secondary N) is 2. The second-order valence-corrected chi connectivity index (χ2v) is 9.66. The van der Waals surface area contributed by atoms with Crippen LogP contribution in [0.5, 0.6) is 0 Å². The van der Waals surface area contributed by atoms with Crippen molar-refractivity contribution in [3.8, 4) is 0 Å². The van der Waals surface area contributed by atoms with E-state index >= 15 is 0 Å². The lowest BCUT2D eigenvalue weighted by molar-refractivity contribution is -0.139. The molecule has 1 aliphatic carbocycles. The molecule has 0 aromatic heterocycles. The molecule has 2 fully saturated rings. The summed E-state index contributed by atoms with van der Waals surface area (Å²) in [4.78, 5) is 37.5. The van der Waals surface area contributed by atoms with E-state index in [1.807, 2.05) is 0 Å². The Kier molecular flexibility index (Phi) is 6.49. The van der Waals surface area contributed by atoms with E-state index in [0.29, 0.717) is 22.9 Å². The first-order chi connectivity index (χ1) is 14.2. The molecule has 162 valence electrons. The number of halogens is 1. The summed E-state index contributed by atoms with van der Waals surface area (Å²) < 4.78 is 26.6. The van der Waals surface area contributed by atoms with Crippen molar-refractivity contribution < 1.29 is 22.8 Å². The Bertz CT molecular complexity index is 958. The van der Waals surface area contributed by atoms with Gasteiger partial charge in [-0.3, -0.25) is 15.0 Å². The van der Waals surface area contributed by atoms with E-state index in [1.165, 1.54) is 30.3 Å². The molecule has 11 heteroatoms. The Balaban J connectivity index is 1.72. The van der Waals surface area contributed by atoms with E-state index in [9.17, 15) is 22.8 Å². The van der Waals surface area contributed by atoms with E-state index in [4.69, 9.17) is 11.6 Å². The average molecular weight is 455 g/mol. The Hall–Kier alpha value is -2.43. The van der Waals surface area contributed by atoms with E-state index < -0.39 is 40.0 Å². The van der Waals surface area contributed by atoms with Crippen LogP contribution in [0.1, 0.15) is 32.1 Å². The van der Waals surface area contributed by atoms with Gasteiger partial charge in [-0.25, -0.2) is 13.2 Å². The van der Waals surface area contributed by atoms with Gasteiger partial charge in [-0.1, -0.05) is 36.9 Å². The topological polar surface area (TPSA) is 116 Å². The van der Waals surface area contributed by atoms with Crippen LogP contribution in [0.2, 0.25) is 5.02 Å². The maximum absolute atomic E-state index is 12.9. The molecule has 3 rings (SSSR count). The van der Waals surface area contributed by atoms with E-state index in [2.05, 4.69) is 17.3 Å². The molecule has 0 bridgehead atoms. The maximum atomic E-state index is 12.9. The minimum Gasteiger partial charge on any atom is -0.322 e. The summed E-state index contributed by atoms with van der Waals surface area (Å²) in [5, 5.41) is 3.70. The summed E-state index contributed by atoms with van der Waals surface area (Å²) in [5.74, 6) is -1.33. The molecular formula is C19H23ClN4O5S. The summed E-state index contributed by atoms with van der Waals surface area (Å²) >= 11 is 5.81. The van der Waals surface area contributed by atoms with Crippen LogP contribution < -0.4 is 10.7 Å². The van der Waals surface area contributed by atoms with Gasteiger partial charge in [0.05, 0.1) is 11.4 Å². The quantitative estimate of drug-likeness (QED) is 0.481. The molecule has 2 aliphatic rings. The molecule has 2 N–H and O–H groups in total. The number of carbonyl (C=O) groups excluding carboxylic acids is 3. The lowest BCUT2D eigenvalue weighted by Crippen LogP contribution is -2.52. The molecular weight excluding hydrogens is 432 g/mol. The summed E-state index contributed by atoms with van der Waals surface area (Å²) in [6.07, 6.45) is 4.96. The van der Waals surface area contributed by atoms with Crippen LogP contribution in [-0.2, 0) is 19.6 Å². The smallest absolute Gasteiger partial charge is 0.322 e. The fourth-order valence-electron chi connectivity index (χ4n) is 3.68. The number of sulfonamides is 1. The SMILES string of the molecule is C=CCN(CC(=O)NN1C(=O)NC2(CCCCC2)C1=O)S(=O)(=O)c1ccc(Cl)cc1.